The van der Waals surface area contributed by atoms with Gasteiger partial charge in [-0.05, 0) is 0 Å². The molecule has 0 amide bonds. The summed E-state index contributed by atoms with van der Waals surface area (Å²) in [5.74, 6) is 0. The van der Waals surface area contributed by atoms with Crippen LogP contribution in [0.25, 0.3) is 0 Å². The van der Waals surface area contributed by atoms with Crippen molar-refractivity contribution in [2.45, 2.75) is 20.0 Å². The molecule has 0 aromatic rings. The van der Waals surface area contributed by atoms with E-state index >= 15 is 0 Å². The predicted octanol–water partition coefficient (Wildman–Crippen LogP) is -26.1. The molecule has 0 aliphatic rings. The summed E-state index contributed by atoms with van der Waals surface area (Å²) < 4.78 is 4.88. The summed E-state index contributed by atoms with van der Waals surface area (Å²) in [7, 11) is 0. The molecule has 0 aromatic carbocycles. The van der Waals surface area contributed by atoms with Crippen LogP contribution in [-0.4, -0.2) is 6.10 Å². The number of hydrogen-bond donors (Lipinski definition) is 0. The van der Waals surface area contributed by atoms with E-state index < -0.39 is 0 Å². The molecular weight excluding hydrogens is 1300 g/mol. The Morgan fingerprint density at radius 2 is 0.800 bits per heavy atom. The molecule has 0 bridgehead atoms. The Bertz CT molecular complexity index is 65.2. The van der Waals surface area contributed by atoms with E-state index in [-0.39, 0.29) is 349 Å². The second-order valence-electron chi connectivity index (χ2n) is 1.18. The van der Waals surface area contributed by atoms with Gasteiger partial charge in [0.05, 0.1) is 0 Å². The summed E-state index contributed by atoms with van der Waals surface area (Å²) in [6.07, 6.45) is 0.442. The van der Waals surface area contributed by atoms with Gasteiger partial charge in [0.2, 0.25) is 0 Å². The zero-order valence-electron chi connectivity index (χ0n) is 9.72. The van der Waals surface area contributed by atoms with Gasteiger partial charge in [-0.15, -0.1) is 0 Å². The van der Waals surface area contributed by atoms with Crippen molar-refractivity contribution in [2.24, 2.45) is 0 Å². The summed E-state index contributed by atoms with van der Waals surface area (Å²) in [4.78, 5) is 0. The zero-order valence-corrected chi connectivity index (χ0v) is 36.1. The monoisotopic (exact) mass is 1300 g/mol. The van der Waals surface area contributed by atoms with Crippen LogP contribution in [0.5, 0.6) is 0 Å². The number of hydrogen-bond acceptors (Lipinski definition) is 1. The fourth-order valence-electron chi connectivity index (χ4n) is 0. The molecule has 113 valence electrons. The molecule has 1 nitrogen and oxygen atoms in total. The van der Waals surface area contributed by atoms with Gasteiger partial charge in [-0.2, -0.15) is 0 Å². The minimum atomic E-state index is 0. The van der Waals surface area contributed by atoms with Gasteiger partial charge >= 0.3 is 291 Å². The molecule has 0 unspecified atom stereocenters. The minimum absolute atomic E-state index is 0. The van der Waals surface area contributed by atoms with Crippen LogP contribution in [0.15, 0.2) is 0 Å². The molecule has 3 radical (unpaired) electrons. The van der Waals surface area contributed by atoms with Crippen molar-refractivity contribution in [1.29, 1.82) is 0 Å². The number of rotatable bonds is 1. The number of halogens is 9. The van der Waals surface area contributed by atoms with Crippen molar-refractivity contribution in [3.8, 4) is 0 Å². The normalized spacial score (nSPS) is 2.45. The maximum atomic E-state index is 4.88. The van der Waals surface area contributed by atoms with Crippen LogP contribution in [0.3, 0.4) is 0 Å². The second-order valence-corrected chi connectivity index (χ2v) is 1.85. The molecule has 17 heteroatoms. The first kappa shape index (κ1) is 122. The van der Waals surface area contributed by atoms with Gasteiger partial charge in [-0.1, -0.05) is 0 Å². The van der Waals surface area contributed by atoms with Gasteiger partial charge in [0, 0.05) is 0 Å². The van der Waals surface area contributed by atoms with E-state index in [0.717, 1.165) is 31.5 Å². The van der Waals surface area contributed by atoms with Crippen molar-refractivity contribution in [2.75, 3.05) is 0 Å². The molecule has 0 atom stereocenters. The van der Waals surface area contributed by atoms with Crippen molar-refractivity contribution in [3.63, 3.8) is 0 Å². The molecule has 0 fully saturated rings. The fraction of sp³-hybridized carbons (Fsp3) is 1.00. The molecule has 0 heterocycles. The van der Waals surface area contributed by atoms with E-state index in [0.29, 0.717) is 6.10 Å². The van der Waals surface area contributed by atoms with E-state index in [1.54, 1.807) is 0 Å². The van der Waals surface area contributed by atoms with Crippen molar-refractivity contribution in [3.05, 3.63) is 0 Å². The summed E-state index contributed by atoms with van der Waals surface area (Å²) in [6, 6.07) is 0. The van der Waals surface area contributed by atoms with E-state index in [4.69, 9.17) is 2.05 Å². The van der Waals surface area contributed by atoms with Crippen molar-refractivity contribution in [1.82, 2.24) is 0 Å². The van der Waals surface area contributed by atoms with Crippen LogP contribution >= 0.6 is 0 Å². The molecule has 0 aromatic heterocycles. The third-order valence-electron chi connectivity index (χ3n) is 0.272. The first-order valence-corrected chi connectivity index (χ1v) is 2.78. The Balaban J connectivity index is -0.000000000762. The summed E-state index contributed by atoms with van der Waals surface area (Å²) in [5.41, 5.74) is 0. The molecule has 0 aliphatic heterocycles. The van der Waals surface area contributed by atoms with Gasteiger partial charge in [-0.25, -0.2) is 0 Å². The van der Waals surface area contributed by atoms with Gasteiger partial charge in [-0.3, -0.25) is 0 Å². The van der Waals surface area contributed by atoms with Crippen LogP contribution in [0.1, 0.15) is 13.8 Å². The molecule has 0 saturated carbocycles. The van der Waals surface area contributed by atoms with Crippen LogP contribution in [0.4, 0.5) is 0 Å². The van der Waals surface area contributed by atoms with Crippen LogP contribution in [0.2, 0.25) is 0 Å². The van der Waals surface area contributed by atoms with Gasteiger partial charge in [0.1, 0.15) is 0 Å². The van der Waals surface area contributed by atoms with Crippen molar-refractivity contribution >= 4 is 0 Å². The SMILES string of the molecule is CC(C)[O][Y+2].[Cl-].[Cl-].[Cl-].[Cl-].[Cl-].[Cl-].[Cl-].[Cl-].[Cl-].[Dy+3].[Eu+3].[La+3].[Nd+3].[Sm+3].[Y+3]. The maximum Gasteiger partial charge on any atom is 3.00 e. The Labute approximate surface area is 389 Å². The van der Waals surface area contributed by atoms with Gasteiger partial charge in [0.25, 0.3) is 0 Å². The molecule has 0 rings (SSSR count). The molecule has 0 N–H and O–H groups in total. The van der Waals surface area contributed by atoms with Crippen LogP contribution in [0, 0.1) is 204 Å². The maximum absolute atomic E-state index is 4.88. The Kier molecular flexibility index (Phi) is 673. The smallest absolute Gasteiger partial charge is 1.00 e. The molecule has 0 aliphatic carbocycles. The first-order valence-electron chi connectivity index (χ1n) is 1.63. The molecule has 0 saturated heterocycles. The molecule has 20 heavy (non-hydrogen) atoms. The fourth-order valence-corrected chi connectivity index (χ4v) is 0. The van der Waals surface area contributed by atoms with E-state index in [1.807, 2.05) is 13.8 Å². The second kappa shape index (κ2) is 110. The Morgan fingerprint density at radius 1 is 0.750 bits per heavy atom. The third-order valence-corrected chi connectivity index (χ3v) is 1.61. The van der Waals surface area contributed by atoms with Crippen molar-refractivity contribution < 1.29 is 382 Å². The minimum Gasteiger partial charge on any atom is -1.00 e. The van der Waals surface area contributed by atoms with E-state index in [2.05, 4.69) is 0 Å². The van der Waals surface area contributed by atoms with Crippen LogP contribution < -0.4 is 112 Å². The topological polar surface area (TPSA) is 9.23 Å². The Morgan fingerprint density at radius 3 is 0.800 bits per heavy atom. The quantitative estimate of drug-likeness (QED) is 0.254. The zero-order chi connectivity index (χ0) is 4.28. The average Bonchev–Trinajstić information content (AvgIpc) is 1.38. The average molecular weight is 1300 g/mol. The van der Waals surface area contributed by atoms with E-state index in [1.165, 1.54) is 0 Å². The predicted molar refractivity (Wildman–Crippen MR) is 16.2 cm³/mol. The van der Waals surface area contributed by atoms with E-state index in [9.17, 15) is 0 Å². The Hall–Kier alpha value is 11.5. The standard InChI is InChI=1S/C3H7O.9ClH.Dy.Eu.La.Nd.Sm.2Y/c1-3(2)4;;;;;;;;;;;;;;;;/h3H,1-2H3;9*1H;;;;;;;/q-1;;;;;;;;;;7*+3/p-9. The molecule has 0 spiro atoms. The summed E-state index contributed by atoms with van der Waals surface area (Å²) >= 11 is 0.926. The first-order chi connectivity index (χ1) is 2.27. The third kappa shape index (κ3) is 131. The summed E-state index contributed by atoms with van der Waals surface area (Å²) in [6.45, 7) is 4.07. The van der Waals surface area contributed by atoms with Gasteiger partial charge in [0.15, 0.2) is 0 Å². The van der Waals surface area contributed by atoms with Crippen LogP contribution in [-0.2, 0) is 66.2 Å². The summed E-state index contributed by atoms with van der Waals surface area (Å²) in [5, 5.41) is 0. The van der Waals surface area contributed by atoms with Gasteiger partial charge < -0.3 is 112 Å². The molecular formula is C3H7Cl9DyEuLaNdOSmY2+11. The largest absolute Gasteiger partial charge is 3.00 e.